The molecule has 0 aliphatic carbocycles. The highest BCUT2D eigenvalue weighted by molar-refractivity contribution is 6.27. The number of aryl methyl sites for hydroxylation is 1. The number of benzene rings is 1. The zero-order valence-electron chi connectivity index (χ0n) is 16.7. The number of hydrogen-bond acceptors (Lipinski definition) is 5. The van der Waals surface area contributed by atoms with Crippen LogP contribution in [0.2, 0.25) is 0 Å². The van der Waals surface area contributed by atoms with Crippen LogP contribution in [-0.4, -0.2) is 66.5 Å². The quantitative estimate of drug-likeness (QED) is 0.598. The van der Waals surface area contributed by atoms with Crippen LogP contribution in [0.4, 0.5) is 0 Å². The van der Waals surface area contributed by atoms with Crippen molar-refractivity contribution in [1.29, 1.82) is 0 Å². The van der Waals surface area contributed by atoms with Crippen molar-refractivity contribution in [2.45, 2.75) is 39.5 Å². The van der Waals surface area contributed by atoms with Crippen molar-refractivity contribution >= 4 is 11.9 Å². The van der Waals surface area contributed by atoms with Gasteiger partial charge in [-0.25, -0.2) is 9.59 Å². The van der Waals surface area contributed by atoms with E-state index >= 15 is 0 Å². The molecule has 1 fully saturated rings. The van der Waals surface area contributed by atoms with Gasteiger partial charge in [0.2, 0.25) is 0 Å². The fourth-order valence-corrected chi connectivity index (χ4v) is 2.65. The van der Waals surface area contributed by atoms with Crippen LogP contribution in [0.1, 0.15) is 38.3 Å². The van der Waals surface area contributed by atoms with Crippen molar-refractivity contribution in [3.63, 3.8) is 0 Å². The van der Waals surface area contributed by atoms with Crippen molar-refractivity contribution < 1.29 is 29.3 Å². The Morgan fingerprint density at radius 2 is 1.74 bits per heavy atom. The highest BCUT2D eigenvalue weighted by Crippen LogP contribution is 2.32. The smallest absolute Gasteiger partial charge is 0.414 e. The topological polar surface area (TPSA) is 96.3 Å². The molecular formula is C20H31NO6. The Morgan fingerprint density at radius 1 is 1.15 bits per heavy atom. The van der Waals surface area contributed by atoms with Crippen LogP contribution in [0.15, 0.2) is 18.2 Å². The number of morpholine rings is 1. The molecule has 0 amide bonds. The number of rotatable bonds is 5. The monoisotopic (exact) mass is 381 g/mol. The van der Waals surface area contributed by atoms with Crippen LogP contribution in [0.25, 0.3) is 0 Å². The Kier molecular flexibility index (Phi) is 9.25. The van der Waals surface area contributed by atoms with E-state index in [1.54, 1.807) is 0 Å². The summed E-state index contributed by atoms with van der Waals surface area (Å²) in [5, 5.41) is 14.8. The minimum absolute atomic E-state index is 0.117. The van der Waals surface area contributed by atoms with Gasteiger partial charge in [0.25, 0.3) is 0 Å². The SMILES string of the molecule is Cc1ccc(OCCCN2CCOCC2)c(C(C)(C)C)c1.O=C(O)C(=O)O. The molecule has 152 valence electrons. The molecule has 7 nitrogen and oxygen atoms in total. The molecule has 0 spiro atoms. The van der Waals surface area contributed by atoms with Crippen LogP contribution in [0.3, 0.4) is 0 Å². The van der Waals surface area contributed by atoms with E-state index in [1.807, 2.05) is 0 Å². The van der Waals surface area contributed by atoms with E-state index < -0.39 is 11.9 Å². The third kappa shape index (κ3) is 8.88. The number of ether oxygens (including phenoxy) is 2. The van der Waals surface area contributed by atoms with Crippen molar-refractivity contribution in [3.8, 4) is 5.75 Å². The van der Waals surface area contributed by atoms with Gasteiger partial charge in [0, 0.05) is 19.6 Å². The normalized spacial score (nSPS) is 14.8. The van der Waals surface area contributed by atoms with Crippen LogP contribution in [0, 0.1) is 6.92 Å². The zero-order chi connectivity index (χ0) is 20.4. The first-order valence-corrected chi connectivity index (χ1v) is 9.11. The maximum Gasteiger partial charge on any atom is 0.414 e. The molecular weight excluding hydrogens is 350 g/mol. The van der Waals surface area contributed by atoms with Gasteiger partial charge in [-0.2, -0.15) is 0 Å². The Hall–Kier alpha value is -2.12. The lowest BCUT2D eigenvalue weighted by Crippen LogP contribution is -2.37. The summed E-state index contributed by atoms with van der Waals surface area (Å²) in [5.41, 5.74) is 2.71. The van der Waals surface area contributed by atoms with Gasteiger partial charge in [-0.05, 0) is 30.4 Å². The maximum absolute atomic E-state index is 9.10. The average molecular weight is 381 g/mol. The highest BCUT2D eigenvalue weighted by Gasteiger charge is 2.19. The molecule has 2 rings (SSSR count). The predicted octanol–water partition coefficient (Wildman–Crippen LogP) is 2.55. The Balaban J connectivity index is 0.000000527. The van der Waals surface area contributed by atoms with Crippen LogP contribution >= 0.6 is 0 Å². The Labute approximate surface area is 160 Å². The summed E-state index contributed by atoms with van der Waals surface area (Å²) >= 11 is 0. The summed E-state index contributed by atoms with van der Waals surface area (Å²) in [4.78, 5) is 20.7. The molecule has 1 saturated heterocycles. The van der Waals surface area contributed by atoms with Crippen molar-refractivity contribution in [3.05, 3.63) is 29.3 Å². The minimum atomic E-state index is -1.82. The molecule has 1 aromatic rings. The molecule has 1 aromatic carbocycles. The minimum Gasteiger partial charge on any atom is -0.493 e. The third-order valence-electron chi connectivity index (χ3n) is 4.11. The summed E-state index contributed by atoms with van der Waals surface area (Å²) in [6.45, 7) is 14.6. The van der Waals surface area contributed by atoms with E-state index in [2.05, 4.69) is 50.8 Å². The van der Waals surface area contributed by atoms with Gasteiger partial charge in [0.15, 0.2) is 0 Å². The van der Waals surface area contributed by atoms with Gasteiger partial charge in [0.05, 0.1) is 19.8 Å². The second-order valence-corrected chi connectivity index (χ2v) is 7.52. The lowest BCUT2D eigenvalue weighted by Gasteiger charge is -2.27. The lowest BCUT2D eigenvalue weighted by molar-refractivity contribution is -0.159. The molecule has 27 heavy (non-hydrogen) atoms. The van der Waals surface area contributed by atoms with E-state index in [-0.39, 0.29) is 5.41 Å². The summed E-state index contributed by atoms with van der Waals surface area (Å²) in [7, 11) is 0. The second-order valence-electron chi connectivity index (χ2n) is 7.52. The predicted molar refractivity (Wildman–Crippen MR) is 103 cm³/mol. The van der Waals surface area contributed by atoms with Gasteiger partial charge in [-0.1, -0.05) is 38.5 Å². The molecule has 0 atom stereocenters. The number of carboxylic acid groups (broad SMARTS) is 2. The molecule has 7 heteroatoms. The molecule has 0 aromatic heterocycles. The summed E-state index contributed by atoms with van der Waals surface area (Å²) in [6.07, 6.45) is 1.07. The molecule has 0 unspecified atom stereocenters. The van der Waals surface area contributed by atoms with Gasteiger partial charge < -0.3 is 19.7 Å². The number of hydrogen-bond donors (Lipinski definition) is 2. The summed E-state index contributed by atoms with van der Waals surface area (Å²) in [6, 6.07) is 6.49. The number of carbonyl (C=O) groups is 2. The maximum atomic E-state index is 9.10. The second kappa shape index (κ2) is 10.9. The van der Waals surface area contributed by atoms with Crippen molar-refractivity contribution in [1.82, 2.24) is 4.90 Å². The van der Waals surface area contributed by atoms with Crippen LogP contribution in [0.5, 0.6) is 5.75 Å². The summed E-state index contributed by atoms with van der Waals surface area (Å²) < 4.78 is 11.4. The molecule has 1 aliphatic heterocycles. The molecule has 2 N–H and O–H groups in total. The van der Waals surface area contributed by atoms with Crippen LogP contribution in [-0.2, 0) is 19.7 Å². The molecule has 1 heterocycles. The van der Waals surface area contributed by atoms with E-state index in [0.717, 1.165) is 51.6 Å². The van der Waals surface area contributed by atoms with Gasteiger partial charge >= 0.3 is 11.9 Å². The molecule has 0 radical (unpaired) electrons. The fourth-order valence-electron chi connectivity index (χ4n) is 2.65. The van der Waals surface area contributed by atoms with Crippen molar-refractivity contribution in [2.75, 3.05) is 39.5 Å². The first kappa shape index (κ1) is 22.9. The lowest BCUT2D eigenvalue weighted by atomic mass is 9.85. The van der Waals surface area contributed by atoms with E-state index in [4.69, 9.17) is 29.3 Å². The fraction of sp³-hybridized carbons (Fsp3) is 0.600. The molecule has 0 saturated carbocycles. The largest absolute Gasteiger partial charge is 0.493 e. The Bertz CT molecular complexity index is 605. The van der Waals surface area contributed by atoms with Crippen LogP contribution < -0.4 is 4.74 Å². The Morgan fingerprint density at radius 3 is 2.26 bits per heavy atom. The van der Waals surface area contributed by atoms with Crippen molar-refractivity contribution in [2.24, 2.45) is 0 Å². The first-order chi connectivity index (χ1) is 12.6. The number of nitrogens with zero attached hydrogens (tertiary/aromatic N) is 1. The average Bonchev–Trinajstić information content (AvgIpc) is 2.60. The number of carboxylic acids is 2. The first-order valence-electron chi connectivity index (χ1n) is 9.11. The van der Waals surface area contributed by atoms with E-state index in [1.165, 1.54) is 11.1 Å². The van der Waals surface area contributed by atoms with E-state index in [9.17, 15) is 0 Å². The van der Waals surface area contributed by atoms with Gasteiger partial charge in [-0.3, -0.25) is 4.90 Å². The molecule has 0 bridgehead atoms. The zero-order valence-corrected chi connectivity index (χ0v) is 16.7. The standard InChI is InChI=1S/C18H29NO2.C2H2O4/c1-15-6-7-17(16(14-15)18(2,3)4)21-11-5-8-19-9-12-20-13-10-19;3-1(4)2(5)6/h6-7,14H,5,8-13H2,1-4H3;(H,3,4)(H,5,6). The van der Waals surface area contributed by atoms with Gasteiger partial charge in [-0.15, -0.1) is 0 Å². The number of aliphatic carboxylic acids is 2. The molecule has 1 aliphatic rings. The van der Waals surface area contributed by atoms with E-state index in [0.29, 0.717) is 0 Å². The third-order valence-corrected chi connectivity index (χ3v) is 4.11. The van der Waals surface area contributed by atoms with Gasteiger partial charge in [0.1, 0.15) is 5.75 Å². The summed E-state index contributed by atoms with van der Waals surface area (Å²) in [5.74, 6) is -2.61. The highest BCUT2D eigenvalue weighted by atomic mass is 16.5.